The zero-order chi connectivity index (χ0) is 29.5. The Kier molecular flexibility index (Phi) is 14.2. The SMILES string of the molecule is CC(=O)OC(C(=O)C=CC(=O)CCCOCCOCCO)C(Cc1ccccc1)C(=O)N1C(=O)OCC1C(C)C. The first-order chi connectivity index (χ1) is 19.1. The van der Waals surface area contributed by atoms with Crippen molar-refractivity contribution in [2.24, 2.45) is 11.8 Å². The molecule has 1 aromatic carbocycles. The predicted molar refractivity (Wildman–Crippen MR) is 143 cm³/mol. The van der Waals surface area contributed by atoms with Gasteiger partial charge in [0.25, 0.3) is 0 Å². The number of imide groups is 1. The number of hydrogen-bond donors (Lipinski definition) is 1. The highest BCUT2D eigenvalue weighted by molar-refractivity contribution is 6.04. The molecule has 11 nitrogen and oxygen atoms in total. The third-order valence-corrected chi connectivity index (χ3v) is 6.22. The van der Waals surface area contributed by atoms with Gasteiger partial charge in [-0.15, -0.1) is 0 Å². The molecule has 1 aliphatic rings. The van der Waals surface area contributed by atoms with Crippen LogP contribution in [0.3, 0.4) is 0 Å². The Balaban J connectivity index is 2.16. The summed E-state index contributed by atoms with van der Waals surface area (Å²) in [5.41, 5.74) is 0.696. The molecule has 1 aromatic rings. The van der Waals surface area contributed by atoms with Gasteiger partial charge >= 0.3 is 12.1 Å². The van der Waals surface area contributed by atoms with Crippen LogP contribution < -0.4 is 0 Å². The molecule has 220 valence electrons. The summed E-state index contributed by atoms with van der Waals surface area (Å²) in [6, 6.07) is 8.32. The lowest BCUT2D eigenvalue weighted by Crippen LogP contribution is -2.50. The first-order valence-corrected chi connectivity index (χ1v) is 13.4. The molecule has 1 heterocycles. The van der Waals surface area contributed by atoms with Crippen LogP contribution in [0.2, 0.25) is 0 Å². The van der Waals surface area contributed by atoms with Crippen molar-refractivity contribution in [2.45, 2.75) is 52.2 Å². The van der Waals surface area contributed by atoms with E-state index in [1.54, 1.807) is 30.3 Å². The molecular weight excluding hydrogens is 522 g/mol. The Morgan fingerprint density at radius 2 is 1.73 bits per heavy atom. The van der Waals surface area contributed by atoms with Gasteiger partial charge in [-0.1, -0.05) is 44.2 Å². The average Bonchev–Trinajstić information content (AvgIpc) is 3.32. The van der Waals surface area contributed by atoms with Gasteiger partial charge < -0.3 is 24.1 Å². The Morgan fingerprint density at radius 1 is 1.05 bits per heavy atom. The van der Waals surface area contributed by atoms with Crippen molar-refractivity contribution in [3.05, 3.63) is 48.0 Å². The lowest BCUT2D eigenvalue weighted by molar-refractivity contribution is -0.159. The number of rotatable bonds is 18. The van der Waals surface area contributed by atoms with Gasteiger partial charge in [0, 0.05) is 20.0 Å². The molecule has 0 aromatic heterocycles. The molecule has 1 fully saturated rings. The van der Waals surface area contributed by atoms with Gasteiger partial charge in [-0.2, -0.15) is 0 Å². The Bertz CT molecular complexity index is 1020. The predicted octanol–water partition coefficient (Wildman–Crippen LogP) is 2.28. The summed E-state index contributed by atoms with van der Waals surface area (Å²) >= 11 is 0. The van der Waals surface area contributed by atoms with Crippen LogP contribution in [0.15, 0.2) is 42.5 Å². The number of carbonyl (C=O) groups is 5. The van der Waals surface area contributed by atoms with Gasteiger partial charge in [-0.25, -0.2) is 9.69 Å². The third kappa shape index (κ3) is 10.6. The van der Waals surface area contributed by atoms with Crippen molar-refractivity contribution >= 4 is 29.5 Å². The van der Waals surface area contributed by atoms with Crippen molar-refractivity contribution in [3.8, 4) is 0 Å². The van der Waals surface area contributed by atoms with E-state index in [1.807, 2.05) is 13.8 Å². The minimum atomic E-state index is -1.56. The molecule has 0 spiro atoms. The first-order valence-electron chi connectivity index (χ1n) is 13.4. The van der Waals surface area contributed by atoms with Crippen molar-refractivity contribution in [1.29, 1.82) is 0 Å². The first kappa shape index (κ1) is 32.8. The van der Waals surface area contributed by atoms with Crippen LogP contribution in [0.5, 0.6) is 0 Å². The average molecular weight is 562 g/mol. The maximum Gasteiger partial charge on any atom is 0.416 e. The maximum atomic E-state index is 13.8. The molecule has 2 amide bonds. The number of esters is 1. The molecular formula is C29H39NO10. The lowest BCUT2D eigenvalue weighted by atomic mass is 9.89. The molecule has 1 saturated heterocycles. The van der Waals surface area contributed by atoms with Crippen molar-refractivity contribution < 1.29 is 48.0 Å². The van der Waals surface area contributed by atoms with Crippen LogP contribution in [0.1, 0.15) is 39.2 Å². The molecule has 0 saturated carbocycles. The van der Waals surface area contributed by atoms with Gasteiger partial charge in [-0.3, -0.25) is 19.2 Å². The molecule has 0 aliphatic carbocycles. The molecule has 2 rings (SSSR count). The van der Waals surface area contributed by atoms with E-state index in [4.69, 9.17) is 24.1 Å². The number of ketones is 2. The minimum absolute atomic E-state index is 0.0130. The summed E-state index contributed by atoms with van der Waals surface area (Å²) in [6.45, 7) is 5.96. The second kappa shape index (κ2) is 17.3. The number of nitrogens with zero attached hydrogens (tertiary/aromatic N) is 1. The number of benzene rings is 1. The lowest BCUT2D eigenvalue weighted by Gasteiger charge is -2.30. The van der Waals surface area contributed by atoms with E-state index in [9.17, 15) is 24.0 Å². The molecule has 1 aliphatic heterocycles. The summed E-state index contributed by atoms with van der Waals surface area (Å²) in [5, 5.41) is 8.65. The zero-order valence-corrected chi connectivity index (χ0v) is 23.3. The van der Waals surface area contributed by atoms with E-state index >= 15 is 0 Å². The standard InChI is InChI=1S/C29H39NO10/c1-20(2)25-19-39-29(36)30(25)28(35)24(18-22-8-5-4-6-9-22)27(40-21(3)32)26(34)12-11-23(33)10-7-14-37-16-17-38-15-13-31/h4-6,8-9,11-12,20,24-25,27,31H,7,10,13-19H2,1-3H3. The van der Waals surface area contributed by atoms with Gasteiger partial charge in [0.2, 0.25) is 5.91 Å². The van der Waals surface area contributed by atoms with E-state index in [1.165, 1.54) is 0 Å². The van der Waals surface area contributed by atoms with E-state index in [-0.39, 0.29) is 44.4 Å². The van der Waals surface area contributed by atoms with Crippen molar-refractivity contribution in [1.82, 2.24) is 4.90 Å². The van der Waals surface area contributed by atoms with E-state index in [0.29, 0.717) is 31.8 Å². The number of amides is 2. The highest BCUT2D eigenvalue weighted by atomic mass is 16.6. The van der Waals surface area contributed by atoms with Gasteiger partial charge in [0.15, 0.2) is 17.7 Å². The molecule has 0 bridgehead atoms. The van der Waals surface area contributed by atoms with E-state index in [0.717, 1.165) is 24.0 Å². The third-order valence-electron chi connectivity index (χ3n) is 6.22. The summed E-state index contributed by atoms with van der Waals surface area (Å²) < 4.78 is 20.9. The Hall–Kier alpha value is -3.41. The van der Waals surface area contributed by atoms with Crippen LogP contribution in [0, 0.1) is 11.8 Å². The normalized spacial score (nSPS) is 16.7. The van der Waals surface area contributed by atoms with Gasteiger partial charge in [0.1, 0.15) is 6.61 Å². The number of aliphatic hydroxyl groups is 1. The topological polar surface area (TPSA) is 146 Å². The molecule has 1 N–H and O–H groups in total. The second-order valence-electron chi connectivity index (χ2n) is 9.68. The van der Waals surface area contributed by atoms with Crippen LogP contribution in [-0.2, 0) is 44.5 Å². The molecule has 40 heavy (non-hydrogen) atoms. The van der Waals surface area contributed by atoms with Crippen LogP contribution in [0.4, 0.5) is 4.79 Å². The van der Waals surface area contributed by atoms with Gasteiger partial charge in [0.05, 0.1) is 38.4 Å². The fourth-order valence-corrected chi connectivity index (χ4v) is 4.16. The van der Waals surface area contributed by atoms with Crippen LogP contribution in [0.25, 0.3) is 0 Å². The highest BCUT2D eigenvalue weighted by Crippen LogP contribution is 2.27. The van der Waals surface area contributed by atoms with Crippen LogP contribution >= 0.6 is 0 Å². The molecule has 3 unspecified atom stereocenters. The number of cyclic esters (lactones) is 1. The number of carbonyl (C=O) groups excluding carboxylic acids is 5. The molecule has 0 radical (unpaired) electrons. The minimum Gasteiger partial charge on any atom is -0.453 e. The number of aliphatic hydroxyl groups excluding tert-OH is 1. The zero-order valence-electron chi connectivity index (χ0n) is 23.3. The van der Waals surface area contributed by atoms with Gasteiger partial charge in [-0.05, 0) is 36.5 Å². The summed E-state index contributed by atoms with van der Waals surface area (Å²) in [7, 11) is 0. The molecule has 3 atom stereocenters. The smallest absolute Gasteiger partial charge is 0.416 e. The highest BCUT2D eigenvalue weighted by Gasteiger charge is 2.46. The summed E-state index contributed by atoms with van der Waals surface area (Å²) in [5.74, 6) is -3.90. The Morgan fingerprint density at radius 3 is 2.35 bits per heavy atom. The second-order valence-corrected chi connectivity index (χ2v) is 9.68. The number of allylic oxidation sites excluding steroid dienone is 1. The fraction of sp³-hybridized carbons (Fsp3) is 0.552. The quantitative estimate of drug-likeness (QED) is 0.161. The maximum absolute atomic E-state index is 13.8. The van der Waals surface area contributed by atoms with E-state index in [2.05, 4.69) is 0 Å². The van der Waals surface area contributed by atoms with E-state index < -0.39 is 41.8 Å². The fourth-order valence-electron chi connectivity index (χ4n) is 4.16. The van der Waals surface area contributed by atoms with Crippen molar-refractivity contribution in [2.75, 3.05) is 39.6 Å². The summed E-state index contributed by atoms with van der Waals surface area (Å²) in [4.78, 5) is 64.9. The number of ether oxygens (including phenoxy) is 4. The van der Waals surface area contributed by atoms with Crippen LogP contribution in [-0.4, -0.2) is 91.3 Å². The Labute approximate surface area is 234 Å². The summed E-state index contributed by atoms with van der Waals surface area (Å²) in [6.07, 6.45) is 0.261. The molecule has 11 heteroatoms. The largest absolute Gasteiger partial charge is 0.453 e. The van der Waals surface area contributed by atoms with Crippen molar-refractivity contribution in [3.63, 3.8) is 0 Å². The monoisotopic (exact) mass is 561 g/mol. The number of hydrogen-bond acceptors (Lipinski definition) is 10.